The molecule has 1 rings (SSSR count). The number of hydrogen-bond donors (Lipinski definition) is 3. The number of hydroxylamine groups is 1. The maximum atomic E-state index is 14.8. The van der Waals surface area contributed by atoms with Crippen LogP contribution in [0.4, 0.5) is 74.6 Å². The van der Waals surface area contributed by atoms with E-state index >= 15 is 0 Å². The van der Waals surface area contributed by atoms with Gasteiger partial charge in [-0.2, -0.15) is 74.6 Å². The second-order valence-electron chi connectivity index (χ2n) is 13.2. The zero-order valence-electron chi connectivity index (χ0n) is 29.9. The molecule has 0 aromatic heterocycles. The van der Waals surface area contributed by atoms with Crippen LogP contribution >= 0.6 is 0 Å². The molecule has 6 nitrogen and oxygen atoms in total. The number of benzene rings is 1. The van der Waals surface area contributed by atoms with Gasteiger partial charge in [0.1, 0.15) is 12.4 Å². The molecule has 1 atom stereocenters. The maximum absolute atomic E-state index is 14.8. The number of rotatable bonds is 21. The van der Waals surface area contributed by atoms with E-state index in [9.17, 15) is 84.5 Å². The Labute approximate surface area is 309 Å². The summed E-state index contributed by atoms with van der Waals surface area (Å²) in [5, 5.41) is 18.9. The number of aliphatic hydroxyl groups is 1. The Bertz CT molecular complexity index is 1510. The van der Waals surface area contributed by atoms with Crippen molar-refractivity contribution in [3.8, 4) is 5.75 Å². The SMILES string of the molecule is C/C(=C\C=C\C(=O)NO)C[C@H](O)c1ccc(OCCO[Si](CCC(F)(F)C(F)(F)C(F)(F)C(F)(F)C(F)(F)C(F)(F)C(F)(F)C(F)(F)F)(C(C)C)C(C)C)cc1. The molecule has 3 N–H and O–H groups in total. The largest absolute Gasteiger partial charge is 0.491 e. The number of nitrogens with one attached hydrogen (secondary N) is 1. The van der Waals surface area contributed by atoms with Gasteiger partial charge in [-0.15, -0.1) is 0 Å². The first-order valence-electron chi connectivity index (χ1n) is 16.1. The number of halogens is 17. The summed E-state index contributed by atoms with van der Waals surface area (Å²) in [5.74, 6) is -57.3. The van der Waals surface area contributed by atoms with Gasteiger partial charge in [0.15, 0.2) is 8.32 Å². The highest BCUT2D eigenvalue weighted by Gasteiger charge is 2.95. The Morgan fingerprint density at radius 1 is 0.732 bits per heavy atom. The normalized spacial score (nSPS) is 15.6. The van der Waals surface area contributed by atoms with Crippen molar-refractivity contribution in [2.45, 2.75) is 118 Å². The molecule has 324 valence electrons. The summed E-state index contributed by atoms with van der Waals surface area (Å²) in [5.41, 5.74) is 0.706. The zero-order valence-corrected chi connectivity index (χ0v) is 30.9. The van der Waals surface area contributed by atoms with E-state index in [0.29, 0.717) is 11.1 Å². The topological polar surface area (TPSA) is 88.0 Å². The van der Waals surface area contributed by atoms with Crippen molar-refractivity contribution >= 4 is 14.2 Å². The third-order valence-corrected chi connectivity index (χ3v) is 14.5. The first-order valence-corrected chi connectivity index (χ1v) is 18.4. The van der Waals surface area contributed by atoms with Crippen molar-refractivity contribution in [2.24, 2.45) is 0 Å². The molecule has 0 fully saturated rings. The smallest absolute Gasteiger partial charge is 0.460 e. The van der Waals surface area contributed by atoms with Crippen molar-refractivity contribution in [3.05, 3.63) is 53.6 Å². The molecule has 0 saturated carbocycles. The lowest BCUT2D eigenvalue weighted by molar-refractivity contribution is -0.461. The van der Waals surface area contributed by atoms with E-state index in [2.05, 4.69) is 0 Å². The fourth-order valence-corrected chi connectivity index (χ4v) is 9.83. The predicted octanol–water partition coefficient (Wildman–Crippen LogP) is 10.7. The quantitative estimate of drug-likeness (QED) is 0.0218. The van der Waals surface area contributed by atoms with E-state index in [-0.39, 0.29) is 18.8 Å². The molecule has 0 radical (unpaired) electrons. The Kier molecular flexibility index (Phi) is 16.2. The van der Waals surface area contributed by atoms with Gasteiger partial charge in [0.05, 0.1) is 12.7 Å². The summed E-state index contributed by atoms with van der Waals surface area (Å²) in [6.07, 6.45) is -7.45. The Balaban J connectivity index is 3.18. The first kappa shape index (κ1) is 50.9. The molecule has 1 aromatic rings. The van der Waals surface area contributed by atoms with Crippen molar-refractivity contribution in [1.29, 1.82) is 0 Å². The molecular weight excluding hydrogens is 829 g/mol. The zero-order chi connectivity index (χ0) is 44.1. The lowest BCUT2D eigenvalue weighted by Gasteiger charge is -2.44. The fraction of sp³-hybridized carbons (Fsp3) is 0.656. The number of carbonyl (C=O) groups is 1. The molecule has 0 aliphatic carbocycles. The maximum Gasteiger partial charge on any atom is 0.460 e. The molecule has 0 aliphatic heterocycles. The first-order chi connectivity index (χ1) is 25.1. The van der Waals surface area contributed by atoms with Crippen LogP contribution in [0.3, 0.4) is 0 Å². The van der Waals surface area contributed by atoms with Crippen LogP contribution in [0.2, 0.25) is 17.1 Å². The second kappa shape index (κ2) is 17.8. The van der Waals surface area contributed by atoms with E-state index in [1.165, 1.54) is 69.6 Å². The number of aliphatic hydroxyl groups excluding tert-OH is 1. The number of amides is 1. The predicted molar refractivity (Wildman–Crippen MR) is 166 cm³/mol. The Morgan fingerprint density at radius 3 is 1.61 bits per heavy atom. The van der Waals surface area contributed by atoms with Crippen LogP contribution in [0.1, 0.15) is 59.1 Å². The molecular formula is C32H38F17NO5Si. The van der Waals surface area contributed by atoms with Gasteiger partial charge in [0, 0.05) is 12.5 Å². The third kappa shape index (κ3) is 9.93. The summed E-state index contributed by atoms with van der Waals surface area (Å²) >= 11 is 0. The van der Waals surface area contributed by atoms with Crippen LogP contribution in [0.15, 0.2) is 48.1 Å². The Hall–Kier alpha value is -3.12. The van der Waals surface area contributed by atoms with Gasteiger partial charge in [0.2, 0.25) is 0 Å². The fourth-order valence-electron chi connectivity index (χ4n) is 5.36. The van der Waals surface area contributed by atoms with Gasteiger partial charge in [-0.3, -0.25) is 10.0 Å². The molecule has 56 heavy (non-hydrogen) atoms. The van der Waals surface area contributed by atoms with Gasteiger partial charge in [-0.1, -0.05) is 57.6 Å². The number of hydrogen-bond acceptors (Lipinski definition) is 5. The summed E-state index contributed by atoms with van der Waals surface area (Å²) < 4.78 is 245. The lowest BCUT2D eigenvalue weighted by atomic mass is 9.88. The summed E-state index contributed by atoms with van der Waals surface area (Å²) in [4.78, 5) is 11.0. The highest BCUT2D eigenvalue weighted by molar-refractivity contribution is 6.76. The number of carbonyl (C=O) groups excluding carboxylic acids is 1. The summed E-state index contributed by atoms with van der Waals surface area (Å²) in [7, 11) is -3.95. The Morgan fingerprint density at radius 2 is 1.18 bits per heavy atom. The van der Waals surface area contributed by atoms with E-state index < -0.39 is 98.1 Å². The van der Waals surface area contributed by atoms with Crippen molar-refractivity contribution in [2.75, 3.05) is 13.2 Å². The molecule has 1 amide bonds. The van der Waals surface area contributed by atoms with Gasteiger partial charge in [-0.05, 0) is 48.2 Å². The van der Waals surface area contributed by atoms with Crippen LogP contribution in [-0.2, 0) is 9.22 Å². The average Bonchev–Trinajstić information content (AvgIpc) is 3.06. The highest BCUT2D eigenvalue weighted by Crippen LogP contribution is 2.64. The lowest BCUT2D eigenvalue weighted by Crippen LogP contribution is -2.74. The molecule has 0 unspecified atom stereocenters. The van der Waals surface area contributed by atoms with Gasteiger partial charge in [-0.25, -0.2) is 5.48 Å². The van der Waals surface area contributed by atoms with Gasteiger partial charge < -0.3 is 14.3 Å². The van der Waals surface area contributed by atoms with Crippen LogP contribution in [0, 0.1) is 0 Å². The molecule has 0 saturated heterocycles. The van der Waals surface area contributed by atoms with Gasteiger partial charge in [0.25, 0.3) is 5.91 Å². The molecule has 24 heteroatoms. The molecule has 0 aliphatic rings. The molecule has 0 spiro atoms. The average molecular weight is 868 g/mol. The standard InChI is InChI=1S/C32H38F17NO5Si/c1-18(2)56(19(3)4,55-15-14-54-22-11-9-21(10-12-22)23(51)17-20(5)7-6-8-24(52)50-53)16-13-25(33,34)26(35,36)27(37,38)28(39,40)29(41,42)30(43,44)31(45,46)32(47,48)49/h6-12,18-19,23,51,53H,13-17H2,1-5H3,(H,50,52)/b8-6+,20-7+/t23-/m0/s1. The summed E-state index contributed by atoms with van der Waals surface area (Å²) in [6.45, 7) is 6.04. The number of allylic oxidation sites excluding steroid dienone is 2. The minimum Gasteiger partial charge on any atom is -0.491 e. The van der Waals surface area contributed by atoms with E-state index in [1.807, 2.05) is 0 Å². The van der Waals surface area contributed by atoms with Crippen LogP contribution in [0.5, 0.6) is 5.75 Å². The van der Waals surface area contributed by atoms with Crippen molar-refractivity contribution in [3.63, 3.8) is 0 Å². The van der Waals surface area contributed by atoms with Crippen LogP contribution in [0.25, 0.3) is 0 Å². The minimum atomic E-state index is -8.68. The van der Waals surface area contributed by atoms with Crippen molar-refractivity contribution < 1.29 is 98.9 Å². The monoisotopic (exact) mass is 867 g/mol. The number of alkyl halides is 17. The highest BCUT2D eigenvalue weighted by atomic mass is 28.4. The number of ether oxygens (including phenoxy) is 1. The van der Waals surface area contributed by atoms with Crippen LogP contribution < -0.4 is 10.2 Å². The molecule has 1 aromatic carbocycles. The second-order valence-corrected chi connectivity index (χ2v) is 18.3. The van der Waals surface area contributed by atoms with Crippen LogP contribution in [-0.4, -0.2) is 85.4 Å². The van der Waals surface area contributed by atoms with E-state index in [1.54, 1.807) is 6.92 Å². The van der Waals surface area contributed by atoms with E-state index in [4.69, 9.17) is 14.4 Å². The minimum absolute atomic E-state index is 0.116. The van der Waals surface area contributed by atoms with E-state index in [0.717, 1.165) is 6.08 Å². The van der Waals surface area contributed by atoms with Crippen molar-refractivity contribution in [1.82, 2.24) is 5.48 Å². The third-order valence-electron chi connectivity index (χ3n) is 8.81. The molecule has 0 bridgehead atoms. The summed E-state index contributed by atoms with van der Waals surface area (Å²) in [6, 6.07) is 4.37. The molecule has 0 heterocycles. The van der Waals surface area contributed by atoms with Gasteiger partial charge >= 0.3 is 47.6 Å².